The third kappa shape index (κ3) is 5.18. The monoisotopic (exact) mass is 514 g/mol. The van der Waals surface area contributed by atoms with Crippen LogP contribution >= 0.6 is 0 Å². The van der Waals surface area contributed by atoms with Crippen LogP contribution in [0.1, 0.15) is 79.1 Å². The Morgan fingerprint density at radius 3 is 2.53 bits per heavy atom. The summed E-state index contributed by atoms with van der Waals surface area (Å²) in [6.07, 6.45) is 5.93. The van der Waals surface area contributed by atoms with Gasteiger partial charge in [-0.15, -0.1) is 0 Å². The van der Waals surface area contributed by atoms with Gasteiger partial charge in [-0.05, 0) is 66.0 Å². The fraction of sp³-hybridized carbons (Fsp3) is 0.484. The van der Waals surface area contributed by atoms with Gasteiger partial charge in [-0.1, -0.05) is 27.7 Å². The average Bonchev–Trinajstić information content (AvgIpc) is 3.25. The van der Waals surface area contributed by atoms with E-state index in [1.54, 1.807) is 24.4 Å². The predicted molar refractivity (Wildman–Crippen MR) is 148 cm³/mol. The second-order valence-electron chi connectivity index (χ2n) is 11.6. The maximum absolute atomic E-state index is 13.3. The largest absolute Gasteiger partial charge is 0.496 e. The second kappa shape index (κ2) is 10.6. The summed E-state index contributed by atoms with van der Waals surface area (Å²) >= 11 is 0. The quantitative estimate of drug-likeness (QED) is 0.401. The number of amides is 1. The molecule has 4 rings (SSSR count). The molecular formula is C31H38N4O3. The summed E-state index contributed by atoms with van der Waals surface area (Å²) in [5, 5.41) is 10.4. The van der Waals surface area contributed by atoms with Crippen LogP contribution in [0.15, 0.2) is 30.6 Å². The first-order valence-electron chi connectivity index (χ1n) is 13.3. The molecule has 1 fully saturated rings. The highest BCUT2D eigenvalue weighted by molar-refractivity contribution is 6.01. The van der Waals surface area contributed by atoms with E-state index in [2.05, 4.69) is 44.5 Å². The molecule has 1 aliphatic heterocycles. The number of carbonyl (C=O) groups is 2. The third-order valence-corrected chi connectivity index (χ3v) is 8.27. The molecule has 0 unspecified atom stereocenters. The fourth-order valence-corrected chi connectivity index (χ4v) is 5.38. The third-order valence-electron chi connectivity index (χ3n) is 8.27. The Bertz CT molecular complexity index is 1420. The van der Waals surface area contributed by atoms with Crippen LogP contribution in [-0.4, -0.2) is 46.3 Å². The molecule has 3 heterocycles. The van der Waals surface area contributed by atoms with Crippen molar-refractivity contribution in [3.63, 3.8) is 0 Å². The number of ketones is 1. The zero-order chi connectivity index (χ0) is 27.8. The first-order chi connectivity index (χ1) is 18.0. The molecule has 7 heteroatoms. The van der Waals surface area contributed by atoms with E-state index >= 15 is 0 Å². The number of Topliss-reactive ketones (excluding diaryl/α,β-unsaturated/α-hetero) is 1. The van der Waals surface area contributed by atoms with Gasteiger partial charge in [0.1, 0.15) is 11.4 Å². The number of carbonyl (C=O) groups excluding carboxylic acids is 2. The van der Waals surface area contributed by atoms with Crippen LogP contribution in [0.3, 0.4) is 0 Å². The molecule has 200 valence electrons. The summed E-state index contributed by atoms with van der Waals surface area (Å²) in [5.74, 6) is 0.897. The number of piperidine rings is 1. The van der Waals surface area contributed by atoms with E-state index < -0.39 is 0 Å². The van der Waals surface area contributed by atoms with Crippen molar-refractivity contribution < 1.29 is 14.3 Å². The van der Waals surface area contributed by atoms with Gasteiger partial charge >= 0.3 is 0 Å². The van der Waals surface area contributed by atoms with Gasteiger partial charge < -0.3 is 14.2 Å². The Hall–Kier alpha value is -3.66. The maximum Gasteiger partial charge on any atom is 0.225 e. The van der Waals surface area contributed by atoms with Gasteiger partial charge in [0.25, 0.3) is 0 Å². The van der Waals surface area contributed by atoms with Gasteiger partial charge in [-0.25, -0.2) is 4.98 Å². The zero-order valence-corrected chi connectivity index (χ0v) is 23.6. The van der Waals surface area contributed by atoms with E-state index in [1.807, 2.05) is 18.9 Å². The summed E-state index contributed by atoms with van der Waals surface area (Å²) in [6.45, 7) is 11.9. The topological polar surface area (TPSA) is 88.2 Å². The second-order valence-corrected chi connectivity index (χ2v) is 11.6. The highest BCUT2D eigenvalue weighted by atomic mass is 16.5. The number of aromatic nitrogens is 2. The van der Waals surface area contributed by atoms with E-state index in [0.29, 0.717) is 22.8 Å². The fourth-order valence-electron chi connectivity index (χ4n) is 5.38. The van der Waals surface area contributed by atoms with Crippen LogP contribution in [0.5, 0.6) is 5.75 Å². The molecule has 0 aliphatic carbocycles. The van der Waals surface area contributed by atoms with Crippen molar-refractivity contribution in [2.45, 2.75) is 59.8 Å². The molecule has 0 bridgehead atoms. The summed E-state index contributed by atoms with van der Waals surface area (Å²) in [6, 6.07) is 6.99. The Morgan fingerprint density at radius 1 is 1.24 bits per heavy atom. The molecule has 1 aliphatic rings. The number of rotatable bonds is 6. The Balaban J connectivity index is 1.59. The minimum absolute atomic E-state index is 0.0179. The molecule has 0 spiro atoms. The summed E-state index contributed by atoms with van der Waals surface area (Å²) in [5.41, 5.74) is 4.83. The van der Waals surface area contributed by atoms with E-state index in [4.69, 9.17) is 9.72 Å². The zero-order valence-electron chi connectivity index (χ0n) is 23.6. The number of ether oxygens (including phenoxy) is 1. The van der Waals surface area contributed by atoms with Crippen molar-refractivity contribution in [2.24, 2.45) is 18.4 Å². The molecule has 0 saturated carbocycles. The molecule has 1 aromatic carbocycles. The van der Waals surface area contributed by atoms with Gasteiger partial charge in [0, 0.05) is 50.3 Å². The Kier molecular flexibility index (Phi) is 7.64. The van der Waals surface area contributed by atoms with Crippen molar-refractivity contribution in [1.82, 2.24) is 14.5 Å². The Labute approximate surface area is 225 Å². The number of pyridine rings is 1. The number of aryl methyl sites for hydroxylation is 2. The van der Waals surface area contributed by atoms with Crippen molar-refractivity contribution in [3.8, 4) is 11.8 Å². The molecule has 3 aromatic rings. The van der Waals surface area contributed by atoms with E-state index in [1.165, 1.54) is 12.7 Å². The van der Waals surface area contributed by atoms with Crippen LogP contribution in [0.4, 0.5) is 0 Å². The van der Waals surface area contributed by atoms with Crippen molar-refractivity contribution in [2.75, 3.05) is 20.2 Å². The predicted octanol–water partition coefficient (Wildman–Crippen LogP) is 5.58. The highest BCUT2D eigenvalue weighted by Gasteiger charge is 2.33. The summed E-state index contributed by atoms with van der Waals surface area (Å²) < 4.78 is 7.44. The SMILES string of the molecule is COc1ccc(C#N)cc1C(=O)Cc1cnc2c(c(C3CCN(C(=O)[C@H](C)C(C)(C)C)CC3)cn2C)c1C. The molecule has 7 nitrogen and oxygen atoms in total. The lowest BCUT2D eigenvalue weighted by molar-refractivity contribution is -0.139. The van der Waals surface area contributed by atoms with Crippen LogP contribution in [-0.2, 0) is 18.3 Å². The van der Waals surface area contributed by atoms with Crippen molar-refractivity contribution in [3.05, 3.63) is 58.4 Å². The number of nitrogens with zero attached hydrogens (tertiary/aromatic N) is 4. The molecule has 0 radical (unpaired) electrons. The minimum atomic E-state index is -0.111. The number of methoxy groups -OCH3 is 1. The van der Waals surface area contributed by atoms with Gasteiger partial charge in [0.15, 0.2) is 5.78 Å². The normalized spacial score (nSPS) is 15.4. The summed E-state index contributed by atoms with van der Waals surface area (Å²) in [4.78, 5) is 33.1. The molecule has 0 N–H and O–H groups in total. The lowest BCUT2D eigenvalue weighted by Gasteiger charge is -2.37. The number of fused-ring (bicyclic) bond motifs is 1. The van der Waals surface area contributed by atoms with Crippen LogP contribution < -0.4 is 4.74 Å². The number of likely N-dealkylation sites (tertiary alicyclic amines) is 1. The van der Waals surface area contributed by atoms with E-state index in [-0.39, 0.29) is 29.4 Å². The first-order valence-corrected chi connectivity index (χ1v) is 13.3. The standard InChI is InChI=1S/C31H38N4O3/c1-19-23(15-26(36)24-14-21(16-32)8-9-27(24)38-7)17-33-29-28(19)25(18-34(29)6)22-10-12-35(13-11-22)30(37)20(2)31(3,4)5/h8-9,14,17-18,20,22H,10-13,15H2,1-7H3/t20-/m0/s1. The van der Waals surface area contributed by atoms with E-state index in [0.717, 1.165) is 48.1 Å². The van der Waals surface area contributed by atoms with Crippen molar-refractivity contribution >= 4 is 22.7 Å². The molecular weight excluding hydrogens is 476 g/mol. The Morgan fingerprint density at radius 2 is 1.92 bits per heavy atom. The lowest BCUT2D eigenvalue weighted by Crippen LogP contribution is -2.43. The van der Waals surface area contributed by atoms with Gasteiger partial charge in [-0.2, -0.15) is 5.26 Å². The van der Waals surface area contributed by atoms with Gasteiger partial charge in [-0.3, -0.25) is 9.59 Å². The number of benzene rings is 1. The van der Waals surface area contributed by atoms with E-state index in [9.17, 15) is 14.9 Å². The smallest absolute Gasteiger partial charge is 0.225 e. The van der Waals surface area contributed by atoms with Crippen LogP contribution in [0.25, 0.3) is 11.0 Å². The molecule has 38 heavy (non-hydrogen) atoms. The molecule has 1 saturated heterocycles. The first kappa shape index (κ1) is 27.4. The average molecular weight is 515 g/mol. The summed E-state index contributed by atoms with van der Waals surface area (Å²) in [7, 11) is 3.53. The molecule has 1 amide bonds. The highest BCUT2D eigenvalue weighted by Crippen LogP contribution is 2.37. The van der Waals surface area contributed by atoms with Crippen molar-refractivity contribution in [1.29, 1.82) is 5.26 Å². The molecule has 1 atom stereocenters. The lowest BCUT2D eigenvalue weighted by atomic mass is 9.80. The number of nitriles is 1. The minimum Gasteiger partial charge on any atom is -0.496 e. The maximum atomic E-state index is 13.3. The van der Waals surface area contributed by atoms with Crippen LogP contribution in [0, 0.1) is 29.6 Å². The number of hydrogen-bond donors (Lipinski definition) is 0. The van der Waals surface area contributed by atoms with Gasteiger partial charge in [0.2, 0.25) is 5.91 Å². The van der Waals surface area contributed by atoms with Crippen LogP contribution in [0.2, 0.25) is 0 Å². The molecule has 2 aromatic heterocycles. The van der Waals surface area contributed by atoms with Gasteiger partial charge in [0.05, 0.1) is 24.3 Å². The number of hydrogen-bond acceptors (Lipinski definition) is 5.